The van der Waals surface area contributed by atoms with E-state index < -0.39 is 0 Å². The molecule has 0 saturated carbocycles. The molecule has 0 spiro atoms. The van der Waals surface area contributed by atoms with Crippen LogP contribution in [0.5, 0.6) is 0 Å². The first-order valence-corrected chi connectivity index (χ1v) is 6.40. The van der Waals surface area contributed by atoms with E-state index in [1.165, 1.54) is 6.33 Å². The molecule has 0 aliphatic carbocycles. The minimum absolute atomic E-state index is 0.0897. The van der Waals surface area contributed by atoms with Gasteiger partial charge in [-0.05, 0) is 13.0 Å². The number of rotatable bonds is 5. The molecule has 1 aromatic rings. The number of carbonyl (C=O) groups excluding carboxylic acids is 1. The minimum atomic E-state index is -0.318. The highest BCUT2D eigenvalue weighted by Crippen LogP contribution is 2.09. The predicted octanol–water partition coefficient (Wildman–Crippen LogP) is 0.0375. The SMILES string of the molecule is CCCN1CCOC(C(=O)Cc2ncnn2C)C1. The van der Waals surface area contributed by atoms with Crippen molar-refractivity contribution in [2.45, 2.75) is 25.9 Å². The Kier molecular flexibility index (Phi) is 4.43. The van der Waals surface area contributed by atoms with Gasteiger partial charge in [-0.1, -0.05) is 6.92 Å². The van der Waals surface area contributed by atoms with Gasteiger partial charge in [0.2, 0.25) is 0 Å². The van der Waals surface area contributed by atoms with Crippen molar-refractivity contribution in [1.29, 1.82) is 0 Å². The highest BCUT2D eigenvalue weighted by atomic mass is 16.5. The van der Waals surface area contributed by atoms with Crippen LogP contribution >= 0.6 is 0 Å². The lowest BCUT2D eigenvalue weighted by Crippen LogP contribution is -2.46. The molecule has 6 nitrogen and oxygen atoms in total. The molecule has 0 bridgehead atoms. The molecule has 0 amide bonds. The van der Waals surface area contributed by atoms with Gasteiger partial charge in [-0.25, -0.2) is 4.98 Å². The smallest absolute Gasteiger partial charge is 0.170 e. The Bertz CT molecular complexity index is 403. The average molecular weight is 252 g/mol. The molecular formula is C12H20N4O2. The van der Waals surface area contributed by atoms with Crippen LogP contribution in [0.3, 0.4) is 0 Å². The molecule has 1 aromatic heterocycles. The second-order valence-corrected chi connectivity index (χ2v) is 4.60. The number of nitrogens with zero attached hydrogens (tertiary/aromatic N) is 4. The maximum Gasteiger partial charge on any atom is 0.170 e. The van der Waals surface area contributed by atoms with Crippen molar-refractivity contribution >= 4 is 5.78 Å². The van der Waals surface area contributed by atoms with Gasteiger partial charge in [-0.2, -0.15) is 5.10 Å². The van der Waals surface area contributed by atoms with Crippen molar-refractivity contribution in [2.75, 3.05) is 26.2 Å². The summed E-state index contributed by atoms with van der Waals surface area (Å²) < 4.78 is 7.19. The minimum Gasteiger partial charge on any atom is -0.368 e. The van der Waals surface area contributed by atoms with Crippen LogP contribution in [0, 0.1) is 0 Å². The lowest BCUT2D eigenvalue weighted by atomic mass is 10.1. The van der Waals surface area contributed by atoms with E-state index in [4.69, 9.17) is 4.74 Å². The van der Waals surface area contributed by atoms with E-state index >= 15 is 0 Å². The van der Waals surface area contributed by atoms with Crippen molar-refractivity contribution in [3.8, 4) is 0 Å². The fourth-order valence-corrected chi connectivity index (χ4v) is 2.17. The number of ketones is 1. The predicted molar refractivity (Wildman–Crippen MR) is 66.2 cm³/mol. The summed E-state index contributed by atoms with van der Waals surface area (Å²) in [5.41, 5.74) is 0. The van der Waals surface area contributed by atoms with Gasteiger partial charge in [0.1, 0.15) is 18.3 Å². The van der Waals surface area contributed by atoms with Gasteiger partial charge in [0.15, 0.2) is 5.78 Å². The van der Waals surface area contributed by atoms with E-state index in [1.807, 2.05) is 0 Å². The molecule has 1 saturated heterocycles. The normalized spacial score (nSPS) is 21.1. The van der Waals surface area contributed by atoms with Crippen LogP contribution in [-0.4, -0.2) is 57.8 Å². The molecule has 1 atom stereocenters. The molecule has 0 N–H and O–H groups in total. The molecule has 18 heavy (non-hydrogen) atoms. The summed E-state index contributed by atoms with van der Waals surface area (Å²) in [4.78, 5) is 18.5. The van der Waals surface area contributed by atoms with Crippen LogP contribution in [0.2, 0.25) is 0 Å². The van der Waals surface area contributed by atoms with Crippen molar-refractivity contribution in [3.63, 3.8) is 0 Å². The number of hydrogen-bond acceptors (Lipinski definition) is 5. The Morgan fingerprint density at radius 2 is 2.44 bits per heavy atom. The molecule has 0 radical (unpaired) electrons. The Morgan fingerprint density at radius 1 is 1.61 bits per heavy atom. The first-order chi connectivity index (χ1) is 8.70. The molecule has 1 aliphatic rings. The fraction of sp³-hybridized carbons (Fsp3) is 0.750. The largest absolute Gasteiger partial charge is 0.368 e. The summed E-state index contributed by atoms with van der Waals surface area (Å²) in [5, 5.41) is 3.96. The summed E-state index contributed by atoms with van der Waals surface area (Å²) in [6.07, 6.45) is 2.54. The summed E-state index contributed by atoms with van der Waals surface area (Å²) in [6, 6.07) is 0. The van der Waals surface area contributed by atoms with Gasteiger partial charge in [-0.3, -0.25) is 14.4 Å². The lowest BCUT2D eigenvalue weighted by molar-refractivity contribution is -0.135. The van der Waals surface area contributed by atoms with Gasteiger partial charge in [0, 0.05) is 20.1 Å². The van der Waals surface area contributed by atoms with Crippen LogP contribution < -0.4 is 0 Å². The fourth-order valence-electron chi connectivity index (χ4n) is 2.17. The van der Waals surface area contributed by atoms with Crippen LogP contribution in [0.25, 0.3) is 0 Å². The van der Waals surface area contributed by atoms with E-state index in [0.29, 0.717) is 25.4 Å². The van der Waals surface area contributed by atoms with E-state index in [-0.39, 0.29) is 11.9 Å². The quantitative estimate of drug-likeness (QED) is 0.740. The molecule has 1 aliphatic heterocycles. The van der Waals surface area contributed by atoms with Gasteiger partial charge >= 0.3 is 0 Å². The highest BCUT2D eigenvalue weighted by molar-refractivity contribution is 5.84. The number of carbonyl (C=O) groups is 1. The number of aromatic nitrogens is 3. The standard InChI is InChI=1S/C12H20N4O2/c1-3-4-16-5-6-18-11(8-16)10(17)7-12-13-9-14-15(12)2/h9,11H,3-8H2,1-2H3. The van der Waals surface area contributed by atoms with Crippen LogP contribution in [0.15, 0.2) is 6.33 Å². The van der Waals surface area contributed by atoms with Crippen molar-refractivity contribution in [2.24, 2.45) is 7.05 Å². The van der Waals surface area contributed by atoms with Gasteiger partial charge in [0.05, 0.1) is 13.0 Å². The molecule has 2 heterocycles. The second-order valence-electron chi connectivity index (χ2n) is 4.60. The van der Waals surface area contributed by atoms with Gasteiger partial charge < -0.3 is 4.74 Å². The Hall–Kier alpha value is -1.27. The molecular weight excluding hydrogens is 232 g/mol. The molecule has 2 rings (SSSR count). The van der Waals surface area contributed by atoms with E-state index in [9.17, 15) is 4.79 Å². The second kappa shape index (κ2) is 6.06. The third-order valence-corrected chi connectivity index (χ3v) is 3.19. The highest BCUT2D eigenvalue weighted by Gasteiger charge is 2.26. The molecule has 1 fully saturated rings. The maximum absolute atomic E-state index is 12.1. The zero-order valence-corrected chi connectivity index (χ0v) is 11.0. The van der Waals surface area contributed by atoms with E-state index in [1.54, 1.807) is 11.7 Å². The monoisotopic (exact) mass is 252 g/mol. The molecule has 1 unspecified atom stereocenters. The van der Waals surface area contributed by atoms with Crippen LogP contribution in [0.4, 0.5) is 0 Å². The number of hydrogen-bond donors (Lipinski definition) is 0. The number of Topliss-reactive ketones (excluding diaryl/α,β-unsaturated/α-hetero) is 1. The van der Waals surface area contributed by atoms with Crippen LogP contribution in [-0.2, 0) is 23.0 Å². The number of morpholine rings is 1. The topological polar surface area (TPSA) is 60.2 Å². The molecule has 6 heteroatoms. The van der Waals surface area contributed by atoms with E-state index in [2.05, 4.69) is 21.9 Å². The Labute approximate surface area is 107 Å². The Morgan fingerprint density at radius 3 is 3.11 bits per heavy atom. The number of aryl methyl sites for hydroxylation is 1. The van der Waals surface area contributed by atoms with Crippen molar-refractivity contribution in [3.05, 3.63) is 12.2 Å². The summed E-state index contributed by atoms with van der Waals surface area (Å²) >= 11 is 0. The van der Waals surface area contributed by atoms with E-state index in [0.717, 1.165) is 19.5 Å². The zero-order chi connectivity index (χ0) is 13.0. The zero-order valence-electron chi connectivity index (χ0n) is 11.0. The summed E-state index contributed by atoms with van der Waals surface area (Å²) in [5.74, 6) is 0.781. The third kappa shape index (κ3) is 3.14. The summed E-state index contributed by atoms with van der Waals surface area (Å²) in [7, 11) is 1.79. The van der Waals surface area contributed by atoms with Crippen molar-refractivity contribution in [1.82, 2.24) is 19.7 Å². The van der Waals surface area contributed by atoms with Crippen molar-refractivity contribution < 1.29 is 9.53 Å². The molecule has 0 aromatic carbocycles. The lowest BCUT2D eigenvalue weighted by Gasteiger charge is -2.31. The molecule has 100 valence electrons. The third-order valence-electron chi connectivity index (χ3n) is 3.19. The first kappa shape index (κ1) is 13.2. The maximum atomic E-state index is 12.1. The first-order valence-electron chi connectivity index (χ1n) is 6.40. The van der Waals surface area contributed by atoms with Gasteiger partial charge in [0.25, 0.3) is 0 Å². The van der Waals surface area contributed by atoms with Crippen LogP contribution in [0.1, 0.15) is 19.2 Å². The Balaban J connectivity index is 1.90. The van der Waals surface area contributed by atoms with Gasteiger partial charge in [-0.15, -0.1) is 0 Å². The number of ether oxygens (including phenoxy) is 1. The average Bonchev–Trinajstić information content (AvgIpc) is 2.76. The summed E-state index contributed by atoms with van der Waals surface area (Å²) in [6.45, 7) is 5.42.